The van der Waals surface area contributed by atoms with Crippen LogP contribution >= 0.6 is 0 Å². The predicted molar refractivity (Wildman–Crippen MR) is 132 cm³/mol. The second-order valence-electron chi connectivity index (χ2n) is 9.95. The van der Waals surface area contributed by atoms with E-state index in [9.17, 15) is 14.4 Å². The number of aryl methyl sites for hydroxylation is 2. The lowest BCUT2D eigenvalue weighted by Gasteiger charge is -2.45. The molecule has 184 valence electrons. The molecule has 1 atom stereocenters. The molecule has 3 saturated heterocycles. The molecule has 2 aromatic rings. The van der Waals surface area contributed by atoms with Gasteiger partial charge in [-0.15, -0.1) is 0 Å². The summed E-state index contributed by atoms with van der Waals surface area (Å²) in [7, 11) is 0. The van der Waals surface area contributed by atoms with E-state index in [0.717, 1.165) is 37.1 Å². The van der Waals surface area contributed by atoms with Gasteiger partial charge in [-0.1, -0.05) is 35.9 Å². The molecular weight excluding hydrogens is 442 g/mol. The Hall–Kier alpha value is -3.19. The van der Waals surface area contributed by atoms with E-state index >= 15 is 0 Å². The van der Waals surface area contributed by atoms with Crippen LogP contribution in [0.4, 0.5) is 0 Å². The number of ether oxygens (including phenoxy) is 1. The third kappa shape index (κ3) is 4.33. The van der Waals surface area contributed by atoms with E-state index in [0.29, 0.717) is 37.1 Å². The van der Waals surface area contributed by atoms with Gasteiger partial charge in [0.2, 0.25) is 5.91 Å². The Kier molecular flexibility index (Phi) is 6.36. The zero-order valence-electron chi connectivity index (χ0n) is 20.5. The number of nitrogens with zero attached hydrogens (tertiary/aromatic N) is 3. The van der Waals surface area contributed by atoms with Gasteiger partial charge in [0, 0.05) is 50.1 Å². The number of benzene rings is 2. The molecule has 3 fully saturated rings. The zero-order chi connectivity index (χ0) is 24.6. The van der Waals surface area contributed by atoms with Crippen molar-refractivity contribution in [2.45, 2.75) is 51.3 Å². The monoisotopic (exact) mass is 475 g/mol. The third-order valence-electron chi connectivity index (χ3n) is 7.69. The maximum Gasteiger partial charge on any atom is 0.256 e. The minimum Gasteiger partial charge on any atom is -0.353 e. The molecule has 3 aliphatic heterocycles. The first-order valence-electron chi connectivity index (χ1n) is 12.6. The molecule has 5 rings (SSSR count). The van der Waals surface area contributed by atoms with E-state index in [1.54, 1.807) is 4.90 Å². The maximum atomic E-state index is 13.8. The molecule has 3 heterocycles. The van der Waals surface area contributed by atoms with Crippen LogP contribution in [-0.2, 0) is 9.53 Å². The van der Waals surface area contributed by atoms with Crippen LogP contribution in [0.5, 0.6) is 0 Å². The molecule has 0 radical (unpaired) electrons. The summed E-state index contributed by atoms with van der Waals surface area (Å²) < 4.78 is 6.33. The summed E-state index contributed by atoms with van der Waals surface area (Å²) in [5, 5.41) is 0. The number of carbonyl (C=O) groups is 3. The van der Waals surface area contributed by atoms with E-state index < -0.39 is 11.8 Å². The summed E-state index contributed by atoms with van der Waals surface area (Å²) in [5.74, 6) is -0.214. The van der Waals surface area contributed by atoms with Gasteiger partial charge in [-0.2, -0.15) is 0 Å². The molecular formula is C28H33N3O4. The van der Waals surface area contributed by atoms with E-state index in [4.69, 9.17) is 4.74 Å². The minimum atomic E-state index is -0.884. The fourth-order valence-corrected chi connectivity index (χ4v) is 5.58. The molecule has 7 heteroatoms. The predicted octanol–water partition coefficient (Wildman–Crippen LogP) is 3.40. The highest BCUT2D eigenvalue weighted by atomic mass is 16.5. The average Bonchev–Trinajstić information content (AvgIpc) is 3.53. The number of piperidine rings is 1. The van der Waals surface area contributed by atoms with Gasteiger partial charge in [0.1, 0.15) is 11.8 Å². The van der Waals surface area contributed by atoms with Crippen molar-refractivity contribution in [2.24, 2.45) is 0 Å². The van der Waals surface area contributed by atoms with Crippen molar-refractivity contribution in [2.75, 3.05) is 32.8 Å². The average molecular weight is 476 g/mol. The first kappa shape index (κ1) is 23.5. The molecule has 0 unspecified atom stereocenters. The Morgan fingerprint density at radius 2 is 1.49 bits per heavy atom. The molecule has 0 saturated carbocycles. The summed E-state index contributed by atoms with van der Waals surface area (Å²) in [6.07, 6.45) is 2.94. The van der Waals surface area contributed by atoms with Crippen LogP contribution in [-0.4, -0.2) is 77.0 Å². The maximum absolute atomic E-state index is 13.8. The summed E-state index contributed by atoms with van der Waals surface area (Å²) in [5.41, 5.74) is 2.39. The Morgan fingerprint density at radius 1 is 0.829 bits per heavy atom. The summed E-state index contributed by atoms with van der Waals surface area (Å²) in [6.45, 7) is 6.51. The quantitative estimate of drug-likeness (QED) is 0.682. The normalized spacial score (nSPS) is 21.5. The van der Waals surface area contributed by atoms with Crippen molar-refractivity contribution in [3.63, 3.8) is 0 Å². The molecule has 0 N–H and O–H groups in total. The topological polar surface area (TPSA) is 70.2 Å². The minimum absolute atomic E-state index is 0.00273. The molecule has 35 heavy (non-hydrogen) atoms. The second kappa shape index (κ2) is 9.46. The highest BCUT2D eigenvalue weighted by Gasteiger charge is 2.55. The van der Waals surface area contributed by atoms with Crippen molar-refractivity contribution in [1.29, 1.82) is 0 Å². The van der Waals surface area contributed by atoms with Crippen LogP contribution in [0.25, 0.3) is 0 Å². The molecule has 3 aliphatic rings. The standard InChI is InChI=1S/C28H33N3O4/c1-20-9-11-22(12-10-20)25(32)31-24(27(34)29-15-5-6-16-29)19-35-28(31)13-17-30(18-14-28)26(33)23-8-4-3-7-21(23)2/h3-4,7-12,24H,5-6,13-19H2,1-2H3/t24-/m0/s1. The molecule has 7 nitrogen and oxygen atoms in total. The van der Waals surface area contributed by atoms with Gasteiger partial charge in [-0.25, -0.2) is 0 Å². The number of amides is 3. The van der Waals surface area contributed by atoms with Gasteiger partial charge in [0.25, 0.3) is 11.8 Å². The van der Waals surface area contributed by atoms with Crippen LogP contribution in [0.15, 0.2) is 48.5 Å². The smallest absolute Gasteiger partial charge is 0.256 e. The number of hydrogen-bond acceptors (Lipinski definition) is 4. The van der Waals surface area contributed by atoms with Gasteiger partial charge in [0.05, 0.1) is 6.61 Å². The highest BCUT2D eigenvalue weighted by molar-refractivity contribution is 5.99. The molecule has 0 aromatic heterocycles. The Labute approximate surface area is 206 Å². The van der Waals surface area contributed by atoms with Crippen molar-refractivity contribution in [3.05, 3.63) is 70.8 Å². The number of rotatable bonds is 3. The molecule has 2 aromatic carbocycles. The Balaban J connectivity index is 1.40. The Morgan fingerprint density at radius 3 is 2.14 bits per heavy atom. The largest absolute Gasteiger partial charge is 0.353 e. The number of hydrogen-bond donors (Lipinski definition) is 0. The fraction of sp³-hybridized carbons (Fsp3) is 0.464. The van der Waals surface area contributed by atoms with Gasteiger partial charge >= 0.3 is 0 Å². The summed E-state index contributed by atoms with van der Waals surface area (Å²) >= 11 is 0. The number of carbonyl (C=O) groups excluding carboxylic acids is 3. The van der Waals surface area contributed by atoms with Crippen molar-refractivity contribution < 1.29 is 19.1 Å². The van der Waals surface area contributed by atoms with Crippen molar-refractivity contribution >= 4 is 17.7 Å². The lowest BCUT2D eigenvalue weighted by Crippen LogP contribution is -2.60. The molecule has 0 bridgehead atoms. The van der Waals surface area contributed by atoms with Crippen LogP contribution in [0.2, 0.25) is 0 Å². The van der Waals surface area contributed by atoms with Gasteiger partial charge in [-0.3, -0.25) is 19.3 Å². The van der Waals surface area contributed by atoms with Gasteiger partial charge in [-0.05, 0) is 50.5 Å². The Bertz CT molecular complexity index is 1120. The van der Waals surface area contributed by atoms with Crippen LogP contribution in [0.1, 0.15) is 57.5 Å². The first-order chi connectivity index (χ1) is 16.9. The lowest BCUT2D eigenvalue weighted by molar-refractivity contribution is -0.136. The van der Waals surface area contributed by atoms with Crippen molar-refractivity contribution in [1.82, 2.24) is 14.7 Å². The molecule has 3 amide bonds. The number of likely N-dealkylation sites (tertiary alicyclic amines) is 2. The van der Waals surface area contributed by atoms with Crippen LogP contribution < -0.4 is 0 Å². The first-order valence-corrected chi connectivity index (χ1v) is 12.6. The highest BCUT2D eigenvalue weighted by Crippen LogP contribution is 2.39. The molecule has 0 aliphatic carbocycles. The zero-order valence-corrected chi connectivity index (χ0v) is 20.5. The molecule has 1 spiro atoms. The SMILES string of the molecule is Cc1ccc(C(=O)N2[C@H](C(=O)N3CCCC3)COC23CCN(C(=O)c2ccccc2C)CC3)cc1. The lowest BCUT2D eigenvalue weighted by atomic mass is 9.95. The van der Waals surface area contributed by atoms with E-state index in [1.165, 1.54) is 0 Å². The van der Waals surface area contributed by atoms with E-state index in [2.05, 4.69) is 0 Å². The van der Waals surface area contributed by atoms with Gasteiger partial charge < -0.3 is 14.5 Å². The van der Waals surface area contributed by atoms with Crippen LogP contribution in [0.3, 0.4) is 0 Å². The third-order valence-corrected chi connectivity index (χ3v) is 7.69. The summed E-state index contributed by atoms with van der Waals surface area (Å²) in [4.78, 5) is 45.9. The van der Waals surface area contributed by atoms with Gasteiger partial charge in [0.15, 0.2) is 0 Å². The van der Waals surface area contributed by atoms with Crippen LogP contribution in [0, 0.1) is 13.8 Å². The van der Waals surface area contributed by atoms with E-state index in [-0.39, 0.29) is 24.3 Å². The van der Waals surface area contributed by atoms with Crippen molar-refractivity contribution in [3.8, 4) is 0 Å². The van der Waals surface area contributed by atoms with E-state index in [1.807, 2.05) is 72.2 Å². The second-order valence-corrected chi connectivity index (χ2v) is 9.95. The summed E-state index contributed by atoms with van der Waals surface area (Å²) in [6, 6.07) is 14.4. The fourth-order valence-electron chi connectivity index (χ4n) is 5.58.